The maximum Gasteiger partial charge on any atom is 0.205 e. The largest absolute Gasteiger partial charge is 0.497 e. The molecular formula is C23H21N3O5S. The van der Waals surface area contributed by atoms with E-state index in [1.54, 1.807) is 44.7 Å². The number of rotatable bonds is 9. The standard InChI is InChI=1S/C23H21N3O5S/c1-28-17-9-7-16(8-10-17)26-22(20-5-4-12-31-20)24-25-23(26)32-14-18(27)15-6-11-19(29-2)21(13-15)30-3/h4-13H,14H2,1-3H3. The third-order valence-electron chi connectivity index (χ3n) is 4.74. The molecule has 0 aliphatic heterocycles. The molecule has 0 spiro atoms. The Morgan fingerprint density at radius 1 is 0.969 bits per heavy atom. The van der Waals surface area contributed by atoms with Crippen molar-refractivity contribution in [2.45, 2.75) is 5.16 Å². The highest BCUT2D eigenvalue weighted by atomic mass is 32.2. The first-order chi connectivity index (χ1) is 15.6. The number of ketones is 1. The summed E-state index contributed by atoms with van der Waals surface area (Å²) < 4.78 is 23.2. The van der Waals surface area contributed by atoms with Gasteiger partial charge in [0.1, 0.15) is 5.75 Å². The lowest BCUT2D eigenvalue weighted by atomic mass is 10.1. The van der Waals surface area contributed by atoms with E-state index in [4.69, 9.17) is 18.6 Å². The predicted octanol–water partition coefficient (Wildman–Crippen LogP) is 4.53. The zero-order chi connectivity index (χ0) is 22.5. The van der Waals surface area contributed by atoms with E-state index < -0.39 is 0 Å². The van der Waals surface area contributed by atoms with Gasteiger partial charge in [0.25, 0.3) is 0 Å². The SMILES string of the molecule is COc1ccc(-n2c(SCC(=O)c3ccc(OC)c(OC)c3)nnc2-c2ccco2)cc1. The number of benzene rings is 2. The van der Waals surface area contributed by atoms with E-state index in [0.29, 0.717) is 33.8 Å². The summed E-state index contributed by atoms with van der Waals surface area (Å²) in [6.45, 7) is 0. The molecule has 2 aromatic heterocycles. The van der Waals surface area contributed by atoms with Gasteiger partial charge in [0.2, 0.25) is 5.82 Å². The lowest BCUT2D eigenvalue weighted by Gasteiger charge is -2.11. The van der Waals surface area contributed by atoms with Gasteiger partial charge in [-0.25, -0.2) is 0 Å². The Labute approximate surface area is 189 Å². The second-order valence-electron chi connectivity index (χ2n) is 6.60. The van der Waals surface area contributed by atoms with Crippen molar-refractivity contribution in [3.63, 3.8) is 0 Å². The second kappa shape index (κ2) is 9.61. The molecule has 0 saturated carbocycles. The topological polar surface area (TPSA) is 88.6 Å². The van der Waals surface area contributed by atoms with E-state index in [-0.39, 0.29) is 11.5 Å². The fraction of sp³-hybridized carbons (Fsp3) is 0.174. The number of ether oxygens (including phenoxy) is 3. The van der Waals surface area contributed by atoms with Gasteiger partial charge >= 0.3 is 0 Å². The van der Waals surface area contributed by atoms with Crippen molar-refractivity contribution in [1.29, 1.82) is 0 Å². The van der Waals surface area contributed by atoms with Crippen molar-refractivity contribution in [2.75, 3.05) is 27.1 Å². The molecule has 0 aliphatic carbocycles. The van der Waals surface area contributed by atoms with E-state index >= 15 is 0 Å². The molecule has 8 nitrogen and oxygen atoms in total. The van der Waals surface area contributed by atoms with Crippen LogP contribution in [0.1, 0.15) is 10.4 Å². The van der Waals surface area contributed by atoms with Gasteiger partial charge in [-0.3, -0.25) is 9.36 Å². The molecule has 0 radical (unpaired) electrons. The molecule has 0 saturated heterocycles. The minimum atomic E-state index is -0.0696. The van der Waals surface area contributed by atoms with Crippen LogP contribution in [0.5, 0.6) is 17.2 Å². The monoisotopic (exact) mass is 451 g/mol. The highest BCUT2D eigenvalue weighted by molar-refractivity contribution is 7.99. The van der Waals surface area contributed by atoms with Crippen LogP contribution in [0, 0.1) is 0 Å². The highest BCUT2D eigenvalue weighted by Crippen LogP contribution is 2.31. The van der Waals surface area contributed by atoms with Gasteiger partial charge in [-0.2, -0.15) is 0 Å². The van der Waals surface area contributed by atoms with Gasteiger partial charge in [0.05, 0.1) is 39.0 Å². The van der Waals surface area contributed by atoms with Crippen molar-refractivity contribution >= 4 is 17.5 Å². The van der Waals surface area contributed by atoms with Crippen molar-refractivity contribution in [1.82, 2.24) is 14.8 Å². The highest BCUT2D eigenvalue weighted by Gasteiger charge is 2.20. The number of carbonyl (C=O) groups is 1. The molecule has 0 amide bonds. The van der Waals surface area contributed by atoms with Crippen LogP contribution in [0.4, 0.5) is 0 Å². The number of hydrogen-bond donors (Lipinski definition) is 0. The molecule has 32 heavy (non-hydrogen) atoms. The van der Waals surface area contributed by atoms with Crippen LogP contribution in [0.25, 0.3) is 17.3 Å². The zero-order valence-corrected chi connectivity index (χ0v) is 18.6. The molecular weight excluding hydrogens is 430 g/mol. The lowest BCUT2D eigenvalue weighted by Crippen LogP contribution is -2.05. The van der Waals surface area contributed by atoms with E-state index in [9.17, 15) is 4.79 Å². The van der Waals surface area contributed by atoms with Crippen LogP contribution in [0.3, 0.4) is 0 Å². The first-order valence-electron chi connectivity index (χ1n) is 9.66. The summed E-state index contributed by atoms with van der Waals surface area (Å²) in [5, 5.41) is 9.17. The van der Waals surface area contributed by atoms with Crippen LogP contribution < -0.4 is 14.2 Å². The number of nitrogens with zero attached hydrogens (tertiary/aromatic N) is 3. The van der Waals surface area contributed by atoms with Crippen LogP contribution in [-0.2, 0) is 0 Å². The van der Waals surface area contributed by atoms with E-state index in [0.717, 1.165) is 11.4 Å². The molecule has 0 fully saturated rings. The molecule has 164 valence electrons. The average molecular weight is 452 g/mol. The zero-order valence-electron chi connectivity index (χ0n) is 17.8. The number of Topliss-reactive ketones (excluding diaryl/α,β-unsaturated/α-hetero) is 1. The number of furan rings is 1. The minimum Gasteiger partial charge on any atom is -0.497 e. The van der Waals surface area contributed by atoms with Gasteiger partial charge in [-0.15, -0.1) is 10.2 Å². The normalized spacial score (nSPS) is 10.7. The molecule has 0 aliphatic rings. The average Bonchev–Trinajstić information content (AvgIpc) is 3.52. The summed E-state index contributed by atoms with van der Waals surface area (Å²) in [6, 6.07) is 16.2. The molecule has 0 bridgehead atoms. The van der Waals surface area contributed by atoms with Crippen molar-refractivity contribution in [3.8, 4) is 34.5 Å². The Morgan fingerprint density at radius 2 is 1.75 bits per heavy atom. The van der Waals surface area contributed by atoms with Crippen molar-refractivity contribution < 1.29 is 23.4 Å². The number of carbonyl (C=O) groups excluding carboxylic acids is 1. The van der Waals surface area contributed by atoms with E-state index in [1.807, 2.05) is 34.9 Å². The third kappa shape index (κ3) is 4.33. The Kier molecular flexibility index (Phi) is 6.46. The molecule has 0 unspecified atom stereocenters. The quantitative estimate of drug-likeness (QED) is 0.271. The second-order valence-corrected chi connectivity index (χ2v) is 7.54. The van der Waals surface area contributed by atoms with E-state index in [2.05, 4.69) is 10.2 Å². The number of thioether (sulfide) groups is 1. The summed E-state index contributed by atoms with van der Waals surface area (Å²) in [7, 11) is 4.70. The van der Waals surface area contributed by atoms with Crippen LogP contribution in [0.15, 0.2) is 70.4 Å². The predicted molar refractivity (Wildman–Crippen MR) is 120 cm³/mol. The van der Waals surface area contributed by atoms with Gasteiger partial charge in [0, 0.05) is 5.56 Å². The molecule has 0 N–H and O–H groups in total. The Hall–Kier alpha value is -3.72. The Bertz CT molecular complexity index is 1200. The third-order valence-corrected chi connectivity index (χ3v) is 5.67. The molecule has 2 heterocycles. The van der Waals surface area contributed by atoms with E-state index in [1.165, 1.54) is 18.9 Å². The van der Waals surface area contributed by atoms with Crippen LogP contribution in [0.2, 0.25) is 0 Å². The van der Waals surface area contributed by atoms with Gasteiger partial charge < -0.3 is 18.6 Å². The summed E-state index contributed by atoms with van der Waals surface area (Å²) >= 11 is 1.29. The smallest absolute Gasteiger partial charge is 0.205 e. The molecule has 4 rings (SSSR count). The summed E-state index contributed by atoms with van der Waals surface area (Å²) in [5.74, 6) is 3.03. The Balaban J connectivity index is 1.62. The van der Waals surface area contributed by atoms with Crippen LogP contribution >= 0.6 is 11.8 Å². The summed E-state index contributed by atoms with van der Waals surface area (Å²) in [5.41, 5.74) is 1.35. The minimum absolute atomic E-state index is 0.0696. The molecule has 0 atom stereocenters. The summed E-state index contributed by atoms with van der Waals surface area (Å²) in [6.07, 6.45) is 1.58. The number of hydrogen-bond acceptors (Lipinski definition) is 8. The van der Waals surface area contributed by atoms with Gasteiger partial charge in [-0.05, 0) is 54.6 Å². The van der Waals surface area contributed by atoms with Gasteiger partial charge in [0.15, 0.2) is 28.2 Å². The molecule has 4 aromatic rings. The summed E-state index contributed by atoms with van der Waals surface area (Å²) in [4.78, 5) is 12.8. The first kappa shape index (κ1) is 21.5. The van der Waals surface area contributed by atoms with Crippen molar-refractivity contribution in [3.05, 3.63) is 66.4 Å². The Morgan fingerprint density at radius 3 is 2.41 bits per heavy atom. The molecule has 9 heteroatoms. The first-order valence-corrected chi connectivity index (χ1v) is 10.6. The fourth-order valence-electron chi connectivity index (χ4n) is 3.12. The van der Waals surface area contributed by atoms with Crippen LogP contribution in [-0.4, -0.2) is 47.6 Å². The number of methoxy groups -OCH3 is 3. The fourth-order valence-corrected chi connectivity index (χ4v) is 3.96. The maximum atomic E-state index is 12.8. The van der Waals surface area contributed by atoms with Crippen molar-refractivity contribution in [2.24, 2.45) is 0 Å². The molecule has 2 aromatic carbocycles. The number of aromatic nitrogens is 3. The van der Waals surface area contributed by atoms with Gasteiger partial charge in [-0.1, -0.05) is 11.8 Å². The lowest BCUT2D eigenvalue weighted by molar-refractivity contribution is 0.102. The maximum absolute atomic E-state index is 12.8.